The average Bonchev–Trinajstić information content (AvgIpc) is 2.69. The average molecular weight is 417 g/mol. The van der Waals surface area contributed by atoms with Crippen LogP contribution in [0.1, 0.15) is 48.0 Å². The summed E-state index contributed by atoms with van der Waals surface area (Å²) >= 11 is 0. The number of benzene rings is 1. The van der Waals surface area contributed by atoms with E-state index in [1.165, 1.54) is 6.07 Å². The number of para-hydroxylation sites is 1. The standard InChI is InChI=1S/C21H32BN3O5/c1-25(2)11-10-23-16-8-6-14(7-9-16)12-19(26)24-18-13-15-4-3-5-17(21(27)28)20(15)30-22(18)29/h3-5,14,16,18,23,29H,6-13H2,1-2H3,(H,24,26)(H,27,28). The summed E-state index contributed by atoms with van der Waals surface area (Å²) < 4.78 is 5.44. The molecule has 164 valence electrons. The summed E-state index contributed by atoms with van der Waals surface area (Å²) in [4.78, 5) is 26.0. The van der Waals surface area contributed by atoms with Gasteiger partial charge in [-0.15, -0.1) is 0 Å². The monoisotopic (exact) mass is 417 g/mol. The number of rotatable bonds is 8. The molecule has 1 heterocycles. The highest BCUT2D eigenvalue weighted by atomic mass is 16.5. The van der Waals surface area contributed by atoms with Crippen molar-refractivity contribution in [2.45, 2.75) is 50.5 Å². The molecule has 0 spiro atoms. The van der Waals surface area contributed by atoms with Gasteiger partial charge in [0, 0.05) is 25.6 Å². The number of nitrogens with zero attached hydrogens (tertiary/aromatic N) is 1. The van der Waals surface area contributed by atoms with Crippen molar-refractivity contribution in [3.63, 3.8) is 0 Å². The number of carbonyl (C=O) groups excluding carboxylic acids is 1. The lowest BCUT2D eigenvalue weighted by Crippen LogP contribution is -2.53. The Morgan fingerprint density at radius 1 is 1.23 bits per heavy atom. The van der Waals surface area contributed by atoms with Crippen molar-refractivity contribution in [2.24, 2.45) is 5.92 Å². The molecular weight excluding hydrogens is 385 g/mol. The number of fused-ring (bicyclic) bond motifs is 1. The molecule has 1 saturated carbocycles. The Morgan fingerprint density at radius 2 is 1.97 bits per heavy atom. The normalized spacial score (nSPS) is 23.6. The molecule has 4 N–H and O–H groups in total. The zero-order chi connectivity index (χ0) is 21.7. The van der Waals surface area contributed by atoms with Crippen LogP contribution in [-0.2, 0) is 11.2 Å². The fourth-order valence-corrected chi connectivity index (χ4v) is 4.31. The lowest BCUT2D eigenvalue weighted by molar-refractivity contribution is -0.122. The van der Waals surface area contributed by atoms with Crippen LogP contribution in [0.3, 0.4) is 0 Å². The second-order valence-electron chi connectivity index (χ2n) is 8.66. The Labute approximate surface area is 178 Å². The van der Waals surface area contributed by atoms with Crippen LogP contribution in [0.25, 0.3) is 0 Å². The second kappa shape index (κ2) is 10.3. The summed E-state index contributed by atoms with van der Waals surface area (Å²) in [6.45, 7) is 2.00. The molecule has 1 aromatic rings. The highest BCUT2D eigenvalue weighted by molar-refractivity contribution is 6.47. The molecule has 0 bridgehead atoms. The predicted octanol–water partition coefficient (Wildman–Crippen LogP) is 0.924. The molecule has 1 atom stereocenters. The summed E-state index contributed by atoms with van der Waals surface area (Å²) in [6.07, 6.45) is 4.96. The Bertz CT molecular complexity index is 752. The molecule has 3 rings (SSSR count). The Kier molecular flexibility index (Phi) is 7.74. The number of likely N-dealkylation sites (N-methyl/N-ethyl adjacent to an activating group) is 1. The van der Waals surface area contributed by atoms with E-state index in [-0.39, 0.29) is 17.2 Å². The summed E-state index contributed by atoms with van der Waals surface area (Å²) in [5.41, 5.74) is 0.696. The maximum atomic E-state index is 12.5. The minimum absolute atomic E-state index is 0.0206. The van der Waals surface area contributed by atoms with Crippen molar-refractivity contribution in [1.82, 2.24) is 15.5 Å². The number of aromatic carboxylic acids is 1. The van der Waals surface area contributed by atoms with Crippen LogP contribution in [0.15, 0.2) is 18.2 Å². The van der Waals surface area contributed by atoms with Gasteiger partial charge in [0.1, 0.15) is 5.75 Å². The lowest BCUT2D eigenvalue weighted by atomic mass is 9.72. The van der Waals surface area contributed by atoms with E-state index in [1.54, 1.807) is 12.1 Å². The zero-order valence-electron chi connectivity index (χ0n) is 17.8. The van der Waals surface area contributed by atoms with Gasteiger partial charge >= 0.3 is 13.1 Å². The number of nitrogens with one attached hydrogen (secondary N) is 2. The van der Waals surface area contributed by atoms with E-state index in [0.29, 0.717) is 30.4 Å². The van der Waals surface area contributed by atoms with Crippen LogP contribution in [0, 0.1) is 5.92 Å². The van der Waals surface area contributed by atoms with Gasteiger partial charge in [0.05, 0.1) is 11.5 Å². The first-order chi connectivity index (χ1) is 14.3. The van der Waals surface area contributed by atoms with Crippen LogP contribution in [0.2, 0.25) is 0 Å². The molecule has 0 aromatic heterocycles. The third-order valence-corrected chi connectivity index (χ3v) is 6.01. The van der Waals surface area contributed by atoms with Crippen LogP contribution in [0.5, 0.6) is 5.75 Å². The van der Waals surface area contributed by atoms with E-state index in [9.17, 15) is 19.7 Å². The van der Waals surface area contributed by atoms with E-state index >= 15 is 0 Å². The van der Waals surface area contributed by atoms with Gasteiger partial charge in [0.25, 0.3) is 0 Å². The van der Waals surface area contributed by atoms with Crippen molar-refractivity contribution in [2.75, 3.05) is 27.2 Å². The van der Waals surface area contributed by atoms with Crippen LogP contribution < -0.4 is 15.3 Å². The van der Waals surface area contributed by atoms with E-state index in [4.69, 9.17) is 4.65 Å². The van der Waals surface area contributed by atoms with Crippen molar-refractivity contribution in [3.05, 3.63) is 29.3 Å². The van der Waals surface area contributed by atoms with Crippen LogP contribution in [-0.4, -0.2) is 73.2 Å². The first-order valence-electron chi connectivity index (χ1n) is 10.7. The molecule has 1 aliphatic carbocycles. The smallest absolute Gasteiger partial charge is 0.534 e. The highest BCUT2D eigenvalue weighted by Gasteiger charge is 2.38. The fourth-order valence-electron chi connectivity index (χ4n) is 4.31. The van der Waals surface area contributed by atoms with Gasteiger partial charge in [-0.3, -0.25) is 4.79 Å². The van der Waals surface area contributed by atoms with Crippen molar-refractivity contribution >= 4 is 19.0 Å². The predicted molar refractivity (Wildman–Crippen MR) is 115 cm³/mol. The molecule has 0 radical (unpaired) electrons. The first-order valence-corrected chi connectivity index (χ1v) is 10.7. The topological polar surface area (TPSA) is 111 Å². The number of carboxylic acids is 1. The zero-order valence-corrected chi connectivity index (χ0v) is 17.8. The number of hydrogen-bond donors (Lipinski definition) is 4. The maximum absolute atomic E-state index is 12.5. The van der Waals surface area contributed by atoms with Gasteiger partial charge in [-0.1, -0.05) is 12.1 Å². The molecule has 9 heteroatoms. The molecule has 1 fully saturated rings. The molecule has 1 aliphatic heterocycles. The minimum Gasteiger partial charge on any atom is -0.534 e. The Hall–Kier alpha value is -2.10. The first kappa shape index (κ1) is 22.6. The number of amides is 1. The van der Waals surface area contributed by atoms with E-state index in [1.807, 2.05) is 0 Å². The van der Waals surface area contributed by atoms with Crippen LogP contribution >= 0.6 is 0 Å². The van der Waals surface area contributed by atoms with E-state index in [2.05, 4.69) is 29.6 Å². The van der Waals surface area contributed by atoms with E-state index in [0.717, 1.165) is 38.8 Å². The molecule has 0 saturated heterocycles. The van der Waals surface area contributed by atoms with Gasteiger partial charge in [-0.2, -0.15) is 0 Å². The summed E-state index contributed by atoms with van der Waals surface area (Å²) in [6, 6.07) is 5.38. The van der Waals surface area contributed by atoms with Crippen molar-refractivity contribution < 1.29 is 24.4 Å². The Morgan fingerprint density at radius 3 is 2.63 bits per heavy atom. The Balaban J connectivity index is 1.46. The molecule has 30 heavy (non-hydrogen) atoms. The molecule has 1 aromatic carbocycles. The summed E-state index contributed by atoms with van der Waals surface area (Å²) in [7, 11) is 2.86. The number of carboxylic acid groups (broad SMARTS) is 1. The van der Waals surface area contributed by atoms with Crippen molar-refractivity contribution in [1.29, 1.82) is 0 Å². The van der Waals surface area contributed by atoms with Crippen molar-refractivity contribution in [3.8, 4) is 5.75 Å². The summed E-state index contributed by atoms with van der Waals surface area (Å²) in [5.74, 6) is -1.25. The van der Waals surface area contributed by atoms with Gasteiger partial charge in [0.2, 0.25) is 5.91 Å². The van der Waals surface area contributed by atoms with Gasteiger partial charge < -0.3 is 30.3 Å². The molecule has 1 amide bonds. The minimum atomic E-state index is -1.27. The number of carbonyl (C=O) groups is 2. The fraction of sp³-hybridized carbons (Fsp3) is 0.619. The SMILES string of the molecule is CN(C)CCNC1CCC(CC(=O)NC2Cc3cccc(C(=O)O)c3OB2O)CC1. The maximum Gasteiger partial charge on any atom is 0.547 e. The molecule has 2 aliphatic rings. The summed E-state index contributed by atoms with van der Waals surface area (Å²) in [5, 5.41) is 26.0. The molecule has 1 unspecified atom stereocenters. The lowest BCUT2D eigenvalue weighted by Gasteiger charge is -2.31. The highest BCUT2D eigenvalue weighted by Crippen LogP contribution is 2.31. The molecule has 8 nitrogen and oxygen atoms in total. The van der Waals surface area contributed by atoms with Gasteiger partial charge in [0.15, 0.2) is 0 Å². The van der Waals surface area contributed by atoms with Gasteiger partial charge in [-0.25, -0.2) is 4.79 Å². The molecular formula is C21H32BN3O5. The third kappa shape index (κ3) is 5.96. The van der Waals surface area contributed by atoms with E-state index < -0.39 is 19.0 Å². The quantitative estimate of drug-likeness (QED) is 0.466. The van der Waals surface area contributed by atoms with Crippen LogP contribution in [0.4, 0.5) is 0 Å². The second-order valence-corrected chi connectivity index (χ2v) is 8.66. The number of hydrogen-bond acceptors (Lipinski definition) is 6. The third-order valence-electron chi connectivity index (χ3n) is 6.01. The van der Waals surface area contributed by atoms with Gasteiger partial charge in [-0.05, 0) is 63.7 Å². The largest absolute Gasteiger partial charge is 0.547 e.